The Morgan fingerprint density at radius 1 is 1.06 bits per heavy atom. The van der Waals surface area contributed by atoms with Crippen LogP contribution in [0.5, 0.6) is 0 Å². The van der Waals surface area contributed by atoms with Crippen molar-refractivity contribution in [3.63, 3.8) is 0 Å². The fourth-order valence-electron chi connectivity index (χ4n) is 4.81. The van der Waals surface area contributed by atoms with Crippen LogP contribution in [0.15, 0.2) is 35.7 Å². The number of halogens is 2. The predicted molar refractivity (Wildman–Crippen MR) is 115 cm³/mol. The first-order chi connectivity index (χ1) is 15.5. The molecule has 0 bridgehead atoms. The summed E-state index contributed by atoms with van der Waals surface area (Å²) in [7, 11) is 0. The summed E-state index contributed by atoms with van der Waals surface area (Å²) < 4.78 is 43.5. The molecule has 9 heteroatoms. The van der Waals surface area contributed by atoms with Crippen molar-refractivity contribution in [3.05, 3.63) is 75.6 Å². The van der Waals surface area contributed by atoms with Crippen LogP contribution < -0.4 is 0 Å². The van der Waals surface area contributed by atoms with E-state index in [-0.39, 0.29) is 5.56 Å². The van der Waals surface area contributed by atoms with E-state index in [4.69, 9.17) is 14.5 Å². The van der Waals surface area contributed by atoms with Crippen LogP contribution in [0.3, 0.4) is 0 Å². The molecule has 0 saturated carbocycles. The zero-order chi connectivity index (χ0) is 22.0. The molecule has 6 nitrogen and oxygen atoms in total. The Morgan fingerprint density at radius 3 is 2.53 bits per heavy atom. The highest BCUT2D eigenvalue weighted by atomic mass is 32.1. The maximum atomic E-state index is 15.0. The predicted octanol–water partition coefficient (Wildman–Crippen LogP) is 4.92. The molecule has 32 heavy (non-hydrogen) atoms. The summed E-state index contributed by atoms with van der Waals surface area (Å²) in [6.45, 7) is 3.75. The van der Waals surface area contributed by atoms with E-state index in [0.29, 0.717) is 30.8 Å². The van der Waals surface area contributed by atoms with Gasteiger partial charge in [0.2, 0.25) is 5.79 Å². The first-order valence-corrected chi connectivity index (χ1v) is 11.4. The van der Waals surface area contributed by atoms with E-state index in [0.717, 1.165) is 33.3 Å². The maximum absolute atomic E-state index is 15.0. The first kappa shape index (κ1) is 19.6. The van der Waals surface area contributed by atoms with Crippen LogP contribution in [-0.2, 0) is 22.3 Å². The highest BCUT2D eigenvalue weighted by Crippen LogP contribution is 2.44. The summed E-state index contributed by atoms with van der Waals surface area (Å²) in [5.74, 6) is -0.559. The van der Waals surface area contributed by atoms with Gasteiger partial charge in [0.25, 0.3) is 0 Å². The molecule has 164 valence electrons. The van der Waals surface area contributed by atoms with Crippen molar-refractivity contribution in [2.75, 3.05) is 0 Å². The number of aryl methyl sites for hydroxylation is 2. The quantitative estimate of drug-likeness (QED) is 0.524. The summed E-state index contributed by atoms with van der Waals surface area (Å²) in [5.41, 5.74) is 2.01. The Balaban J connectivity index is 1.60. The molecule has 2 aliphatic heterocycles. The molecule has 1 aromatic carbocycles. The van der Waals surface area contributed by atoms with E-state index >= 15 is 0 Å². The smallest absolute Gasteiger partial charge is 0.250 e. The summed E-state index contributed by atoms with van der Waals surface area (Å²) in [6, 6.07) is 3.50. The van der Waals surface area contributed by atoms with E-state index < -0.39 is 23.5 Å². The zero-order valence-corrected chi connectivity index (χ0v) is 18.4. The molecule has 0 amide bonds. The van der Waals surface area contributed by atoms with Crippen molar-refractivity contribution in [2.24, 2.45) is 4.99 Å². The number of nitrogens with zero attached hydrogens (tertiary/aromatic N) is 4. The van der Waals surface area contributed by atoms with Gasteiger partial charge in [0, 0.05) is 23.3 Å². The third-order valence-corrected chi connectivity index (χ3v) is 7.64. The summed E-state index contributed by atoms with van der Waals surface area (Å²) in [4.78, 5) is 5.95. The third kappa shape index (κ3) is 2.76. The van der Waals surface area contributed by atoms with Gasteiger partial charge in [0.15, 0.2) is 5.82 Å². The lowest BCUT2D eigenvalue weighted by atomic mass is 9.95. The second-order valence-electron chi connectivity index (χ2n) is 8.29. The Morgan fingerprint density at radius 2 is 1.78 bits per heavy atom. The van der Waals surface area contributed by atoms with E-state index in [1.165, 1.54) is 18.2 Å². The van der Waals surface area contributed by atoms with Gasteiger partial charge in [-0.3, -0.25) is 9.56 Å². The molecule has 0 unspecified atom stereocenters. The minimum Gasteiger partial charge on any atom is -0.457 e. The monoisotopic (exact) mass is 454 g/mol. The summed E-state index contributed by atoms with van der Waals surface area (Å²) in [6.07, 6.45) is 5.85. The van der Waals surface area contributed by atoms with Gasteiger partial charge in [0.1, 0.15) is 41.0 Å². The number of ether oxygens (including phenoxy) is 2. The molecule has 0 fully saturated rings. The number of thiophene rings is 1. The van der Waals surface area contributed by atoms with Gasteiger partial charge in [-0.1, -0.05) is 6.07 Å². The molecule has 2 aromatic heterocycles. The van der Waals surface area contributed by atoms with Crippen LogP contribution >= 0.6 is 11.3 Å². The minimum atomic E-state index is -0.679. The van der Waals surface area contributed by atoms with Crippen molar-refractivity contribution in [1.29, 1.82) is 0 Å². The molecule has 1 spiro atoms. The van der Waals surface area contributed by atoms with E-state index in [2.05, 4.69) is 10.2 Å². The van der Waals surface area contributed by atoms with Crippen LogP contribution in [0.1, 0.15) is 59.0 Å². The van der Waals surface area contributed by atoms with Crippen LogP contribution in [0, 0.1) is 18.6 Å². The van der Waals surface area contributed by atoms with Crippen LogP contribution in [-0.4, -0.2) is 26.3 Å². The topological polar surface area (TPSA) is 61.5 Å². The van der Waals surface area contributed by atoms with Crippen molar-refractivity contribution in [1.82, 2.24) is 14.8 Å². The molecule has 0 radical (unpaired) electrons. The third-order valence-electron chi connectivity index (χ3n) is 6.37. The van der Waals surface area contributed by atoms with E-state index in [1.807, 2.05) is 18.4 Å². The van der Waals surface area contributed by atoms with Gasteiger partial charge in [-0.2, -0.15) is 0 Å². The normalized spacial score (nSPS) is 20.5. The first-order valence-electron chi connectivity index (χ1n) is 10.6. The van der Waals surface area contributed by atoms with Crippen molar-refractivity contribution in [2.45, 2.75) is 51.4 Å². The molecule has 6 rings (SSSR count). The van der Waals surface area contributed by atoms with Crippen molar-refractivity contribution >= 4 is 17.0 Å². The van der Waals surface area contributed by atoms with Gasteiger partial charge in [-0.05, 0) is 44.4 Å². The number of benzene rings is 1. The number of hydrogen-bond donors (Lipinski definition) is 0. The standard InChI is InChI=1S/C23H20F2N4O2S/c1-12-21-28-27-13(2)29(21)22-18(20(26-12)19-15(24)4-3-5-16(19)25)14-6-8-23(30-10-11-31-23)9-7-17(14)32-22/h3-5,10-12H,6-9H2,1-2H3/t12-/m0/s1. The highest BCUT2D eigenvalue weighted by molar-refractivity contribution is 7.15. The molecular formula is C23H20F2N4O2S. The summed E-state index contributed by atoms with van der Waals surface area (Å²) in [5, 5.41) is 9.45. The van der Waals surface area contributed by atoms with Crippen LogP contribution in [0.2, 0.25) is 0 Å². The maximum Gasteiger partial charge on any atom is 0.250 e. The lowest BCUT2D eigenvalue weighted by molar-refractivity contribution is -0.149. The molecule has 3 aromatic rings. The molecule has 1 atom stereocenters. The number of hydrogen-bond acceptors (Lipinski definition) is 6. The molecular weight excluding hydrogens is 434 g/mol. The van der Waals surface area contributed by atoms with Gasteiger partial charge in [-0.15, -0.1) is 21.5 Å². The Kier molecular flexibility index (Phi) is 4.27. The fraction of sp³-hybridized carbons (Fsp3) is 0.348. The van der Waals surface area contributed by atoms with Crippen LogP contribution in [0.4, 0.5) is 8.78 Å². The number of rotatable bonds is 1. The second-order valence-corrected chi connectivity index (χ2v) is 9.38. The van der Waals surface area contributed by atoms with E-state index in [9.17, 15) is 8.78 Å². The zero-order valence-electron chi connectivity index (χ0n) is 17.6. The Labute approximate surface area is 187 Å². The summed E-state index contributed by atoms with van der Waals surface area (Å²) >= 11 is 1.61. The van der Waals surface area contributed by atoms with Gasteiger partial charge in [-0.25, -0.2) is 8.78 Å². The average Bonchev–Trinajstić information content (AvgIpc) is 3.42. The Bertz CT molecular complexity index is 1280. The molecule has 1 aliphatic carbocycles. The fourth-order valence-corrected chi connectivity index (χ4v) is 6.21. The van der Waals surface area contributed by atoms with Gasteiger partial charge in [0.05, 0.1) is 11.3 Å². The average molecular weight is 455 g/mol. The molecule has 0 saturated heterocycles. The molecule has 3 aliphatic rings. The number of aromatic nitrogens is 3. The SMILES string of the molecule is Cc1nnc2n1-c1sc3c(c1C(c1c(F)cccc1F)=N[C@H]2C)CCC1(CC3)OC=CO1. The Hall–Kier alpha value is -3.07. The number of aliphatic imine (C=N–C) groups is 1. The van der Waals surface area contributed by atoms with Crippen molar-refractivity contribution in [3.8, 4) is 5.00 Å². The van der Waals surface area contributed by atoms with Crippen LogP contribution in [0.25, 0.3) is 5.00 Å². The minimum absolute atomic E-state index is 0.105. The molecule has 4 heterocycles. The lowest BCUT2D eigenvalue weighted by Crippen LogP contribution is -2.30. The van der Waals surface area contributed by atoms with Gasteiger partial charge >= 0.3 is 0 Å². The van der Waals surface area contributed by atoms with Crippen molar-refractivity contribution < 1.29 is 18.3 Å². The van der Waals surface area contributed by atoms with Gasteiger partial charge < -0.3 is 9.47 Å². The largest absolute Gasteiger partial charge is 0.457 e. The second kappa shape index (κ2) is 6.96. The highest BCUT2D eigenvalue weighted by Gasteiger charge is 2.41. The van der Waals surface area contributed by atoms with E-state index in [1.54, 1.807) is 23.9 Å². The number of fused-ring (bicyclic) bond motifs is 5. The lowest BCUT2D eigenvalue weighted by Gasteiger charge is -2.26. The molecule has 0 N–H and O–H groups in total.